The normalized spacial score (nSPS) is 60.1. The summed E-state index contributed by atoms with van der Waals surface area (Å²) in [6, 6.07) is 0. The highest BCUT2D eigenvalue weighted by Gasteiger charge is 2.71. The third kappa shape index (κ3) is 2.75. The number of carbonyl (C=O) groups is 1. The minimum Gasteiger partial charge on any atom is -0.481 e. The van der Waals surface area contributed by atoms with E-state index in [9.17, 15) is 15.0 Å². The van der Waals surface area contributed by atoms with Crippen LogP contribution in [0.15, 0.2) is 12.2 Å². The van der Waals surface area contributed by atoms with E-state index in [0.29, 0.717) is 5.92 Å². The highest BCUT2D eigenvalue weighted by Crippen LogP contribution is 2.77. The highest BCUT2D eigenvalue weighted by molar-refractivity contribution is 5.76. The van der Waals surface area contributed by atoms with Crippen molar-refractivity contribution < 1.29 is 19.1 Å². The Labute approximate surface area is 206 Å². The molecule has 0 heterocycles. The smallest absolute Gasteiger partial charge is 0.309 e. The fourth-order valence-electron chi connectivity index (χ4n) is 11.0. The summed E-state index contributed by atoms with van der Waals surface area (Å²) < 4.78 is 26.4. The molecular weight excluding hydrogens is 408 g/mol. The lowest BCUT2D eigenvalue weighted by atomic mass is 9.32. The predicted octanol–water partition coefficient (Wildman–Crippen LogP) is 7.09. The number of aliphatic hydroxyl groups is 1. The Hall–Kier alpha value is -0.830. The van der Waals surface area contributed by atoms with E-state index in [1.54, 1.807) is 0 Å². The monoisotopic (exact) mass is 459 g/mol. The van der Waals surface area contributed by atoms with Crippen LogP contribution in [0.4, 0.5) is 0 Å². The first-order chi connectivity index (χ1) is 16.3. The lowest BCUT2D eigenvalue weighted by Gasteiger charge is -2.72. The molecule has 3 nitrogen and oxygen atoms in total. The molecule has 0 radical (unpaired) electrons. The molecule has 0 spiro atoms. The molecule has 0 amide bonds. The Morgan fingerprint density at radius 2 is 1.64 bits per heavy atom. The Morgan fingerprint density at radius 1 is 0.939 bits per heavy atom. The minimum atomic E-state index is -2.12. The SMILES string of the molecule is [2H]C1([2H])C[C@@]2(C)C(CC[C@]3(C)C2CCC2C4[C@H](C(=C)C)CC[C@]4(C(=O)O)CC[C@]23C)C(C)(C)[C@@]1([2H])O. The molecule has 3 heteroatoms. The molecule has 0 aromatic carbocycles. The molecule has 10 atom stereocenters. The van der Waals surface area contributed by atoms with Gasteiger partial charge < -0.3 is 10.2 Å². The van der Waals surface area contributed by atoms with Crippen LogP contribution in [0.3, 0.4) is 0 Å². The summed E-state index contributed by atoms with van der Waals surface area (Å²) in [6.45, 7) is 17.4. The number of hydrogen-bond acceptors (Lipinski definition) is 2. The fourth-order valence-corrected chi connectivity index (χ4v) is 11.0. The third-order valence-electron chi connectivity index (χ3n) is 12.9. The molecule has 0 aromatic rings. The summed E-state index contributed by atoms with van der Waals surface area (Å²) in [5.41, 5.74) is -0.720. The van der Waals surface area contributed by atoms with Crippen LogP contribution in [-0.2, 0) is 4.79 Å². The number of allylic oxidation sites excluding steroid dienone is 1. The first-order valence-electron chi connectivity index (χ1n) is 14.9. The summed E-state index contributed by atoms with van der Waals surface area (Å²) in [5, 5.41) is 21.7. The van der Waals surface area contributed by atoms with Crippen LogP contribution in [0.5, 0.6) is 0 Å². The second-order valence-corrected chi connectivity index (χ2v) is 14.1. The Bertz CT molecular complexity index is 990. The molecule has 2 N–H and O–H groups in total. The van der Waals surface area contributed by atoms with Gasteiger partial charge in [-0.05, 0) is 122 Å². The molecule has 4 unspecified atom stereocenters. The largest absolute Gasteiger partial charge is 0.481 e. The molecule has 33 heavy (non-hydrogen) atoms. The molecule has 0 aromatic heterocycles. The van der Waals surface area contributed by atoms with Gasteiger partial charge in [-0.25, -0.2) is 0 Å². The van der Waals surface area contributed by atoms with Crippen LogP contribution in [0, 0.1) is 56.7 Å². The first kappa shape index (κ1) is 20.4. The molecule has 5 fully saturated rings. The number of hydrogen-bond donors (Lipinski definition) is 2. The molecule has 186 valence electrons. The summed E-state index contributed by atoms with van der Waals surface area (Å²) in [4.78, 5) is 12.8. The van der Waals surface area contributed by atoms with Crippen molar-refractivity contribution in [2.45, 2.75) is 112 Å². The Balaban J connectivity index is 1.59. The average Bonchev–Trinajstić information content (AvgIpc) is 3.14. The zero-order valence-electron chi connectivity index (χ0n) is 24.8. The van der Waals surface area contributed by atoms with E-state index in [4.69, 9.17) is 4.11 Å². The van der Waals surface area contributed by atoms with Gasteiger partial charge in [0.1, 0.15) is 0 Å². The Kier molecular flexibility index (Phi) is 4.39. The zero-order valence-corrected chi connectivity index (χ0v) is 21.8. The molecule has 0 aliphatic heterocycles. The van der Waals surface area contributed by atoms with Crippen molar-refractivity contribution >= 4 is 5.97 Å². The topological polar surface area (TPSA) is 57.5 Å². The average molecular weight is 460 g/mol. The molecule has 5 saturated carbocycles. The molecular formula is C30H48O3. The van der Waals surface area contributed by atoms with Gasteiger partial charge in [0.2, 0.25) is 0 Å². The van der Waals surface area contributed by atoms with Gasteiger partial charge in [0.25, 0.3) is 0 Å². The van der Waals surface area contributed by atoms with Crippen LogP contribution in [-0.4, -0.2) is 22.3 Å². The number of rotatable bonds is 2. The summed E-state index contributed by atoms with van der Waals surface area (Å²) >= 11 is 0. The highest BCUT2D eigenvalue weighted by atomic mass is 16.4. The summed E-state index contributed by atoms with van der Waals surface area (Å²) in [6.07, 6.45) is 3.27. The van der Waals surface area contributed by atoms with Crippen LogP contribution < -0.4 is 0 Å². The minimum absolute atomic E-state index is 0.0167. The molecule has 5 aliphatic rings. The lowest BCUT2D eigenvalue weighted by Crippen LogP contribution is -2.67. The standard InChI is InChI=1S/C30H48O3/c1-18(2)19-10-15-30(25(32)33)17-16-28(6)20(24(19)30)8-9-22-27(5)13-12-23(31)26(3,4)21(27)11-14-29(22,28)7/h19-24,31H,1,8-17H2,2-7H3,(H,32,33)/t19-,20?,21?,22?,23-,24?,27-,28+,29+,30-/m0/s1/i12D2,23D. The third-order valence-corrected chi connectivity index (χ3v) is 12.9. The summed E-state index contributed by atoms with van der Waals surface area (Å²) in [5.74, 6) is 0.469. The van der Waals surface area contributed by atoms with Gasteiger partial charge in [0.15, 0.2) is 0 Å². The molecule has 5 aliphatic carbocycles. The second kappa shape index (κ2) is 7.11. The molecule has 0 bridgehead atoms. The quantitative estimate of drug-likeness (QED) is 0.433. The zero-order chi connectivity index (χ0) is 26.9. The number of carboxylic acids is 1. The number of aliphatic carboxylic acids is 1. The fraction of sp³-hybridized carbons (Fsp3) is 0.900. The number of carboxylic acid groups (broad SMARTS) is 1. The van der Waals surface area contributed by atoms with Crippen LogP contribution in [0.1, 0.15) is 110 Å². The molecule has 5 rings (SSSR count). The lowest BCUT2D eigenvalue weighted by molar-refractivity contribution is -0.248. The van der Waals surface area contributed by atoms with Gasteiger partial charge in [0, 0.05) is 2.74 Å². The van der Waals surface area contributed by atoms with Gasteiger partial charge in [-0.3, -0.25) is 4.79 Å². The maximum atomic E-state index is 12.8. The van der Waals surface area contributed by atoms with Crippen molar-refractivity contribution in [3.05, 3.63) is 12.2 Å². The van der Waals surface area contributed by atoms with Gasteiger partial charge >= 0.3 is 5.97 Å². The van der Waals surface area contributed by atoms with Crippen molar-refractivity contribution in [1.82, 2.24) is 0 Å². The van der Waals surface area contributed by atoms with Gasteiger partial charge in [-0.1, -0.05) is 46.8 Å². The van der Waals surface area contributed by atoms with Crippen LogP contribution in [0.2, 0.25) is 0 Å². The summed E-state index contributed by atoms with van der Waals surface area (Å²) in [7, 11) is 0. The van der Waals surface area contributed by atoms with Gasteiger partial charge in [-0.2, -0.15) is 0 Å². The maximum Gasteiger partial charge on any atom is 0.309 e. The van der Waals surface area contributed by atoms with Gasteiger partial charge in [-0.15, -0.1) is 0 Å². The van der Waals surface area contributed by atoms with E-state index in [2.05, 4.69) is 34.3 Å². The van der Waals surface area contributed by atoms with E-state index in [-0.39, 0.29) is 46.3 Å². The van der Waals surface area contributed by atoms with Crippen molar-refractivity contribution in [3.8, 4) is 0 Å². The van der Waals surface area contributed by atoms with Crippen LogP contribution in [0.25, 0.3) is 0 Å². The molecule has 0 saturated heterocycles. The predicted molar refractivity (Wildman–Crippen MR) is 133 cm³/mol. The first-order valence-corrected chi connectivity index (χ1v) is 13.4. The Morgan fingerprint density at radius 3 is 2.27 bits per heavy atom. The van der Waals surface area contributed by atoms with Crippen molar-refractivity contribution in [3.63, 3.8) is 0 Å². The van der Waals surface area contributed by atoms with E-state index in [0.717, 1.165) is 56.9 Å². The van der Waals surface area contributed by atoms with E-state index in [1.165, 1.54) is 0 Å². The van der Waals surface area contributed by atoms with Crippen molar-refractivity contribution in [2.75, 3.05) is 0 Å². The van der Waals surface area contributed by atoms with E-state index >= 15 is 0 Å². The van der Waals surface area contributed by atoms with Crippen LogP contribution >= 0.6 is 0 Å². The van der Waals surface area contributed by atoms with E-state index in [1.807, 2.05) is 13.8 Å². The van der Waals surface area contributed by atoms with Gasteiger partial charge in [0.05, 0.1) is 12.9 Å². The second-order valence-electron chi connectivity index (χ2n) is 14.1. The number of fused-ring (bicyclic) bond motifs is 7. The van der Waals surface area contributed by atoms with Crippen molar-refractivity contribution in [2.24, 2.45) is 56.7 Å². The maximum absolute atomic E-state index is 12.8. The van der Waals surface area contributed by atoms with Crippen molar-refractivity contribution in [1.29, 1.82) is 0 Å². The van der Waals surface area contributed by atoms with E-state index < -0.39 is 29.3 Å².